The van der Waals surface area contributed by atoms with Crippen LogP contribution in [0.3, 0.4) is 0 Å². The van der Waals surface area contributed by atoms with Crippen molar-refractivity contribution < 1.29 is 4.79 Å². The molecule has 5 heteroatoms. The van der Waals surface area contributed by atoms with E-state index in [1.165, 1.54) is 0 Å². The highest BCUT2D eigenvalue weighted by molar-refractivity contribution is 6.29. The smallest absolute Gasteiger partial charge is 0.249 e. The number of carbonyl (C=O) groups is 1. The van der Waals surface area contributed by atoms with Crippen molar-refractivity contribution in [2.45, 2.75) is 13.0 Å². The summed E-state index contributed by atoms with van der Waals surface area (Å²) >= 11 is 6.02. The third-order valence-electron chi connectivity index (χ3n) is 3.52. The van der Waals surface area contributed by atoms with Crippen molar-refractivity contribution in [3.05, 3.63) is 47.6 Å². The van der Waals surface area contributed by atoms with Gasteiger partial charge in [-0.15, -0.1) is 0 Å². The van der Waals surface area contributed by atoms with Crippen LogP contribution < -0.4 is 9.80 Å². The summed E-state index contributed by atoms with van der Waals surface area (Å²) in [7, 11) is 1.76. The number of likely N-dealkylation sites (N-methyl/N-ethyl adjacent to an activating group) is 1. The molecule has 1 atom stereocenters. The Morgan fingerprint density at radius 2 is 1.85 bits per heavy atom. The van der Waals surface area contributed by atoms with E-state index in [-0.39, 0.29) is 11.9 Å². The molecular weight excluding hydrogens is 274 g/mol. The molecule has 0 aliphatic carbocycles. The number of halogens is 1. The summed E-state index contributed by atoms with van der Waals surface area (Å²) < 4.78 is 0. The maximum absolute atomic E-state index is 12.4. The molecule has 2 heterocycles. The van der Waals surface area contributed by atoms with Crippen LogP contribution in [0.4, 0.5) is 17.2 Å². The zero-order valence-corrected chi connectivity index (χ0v) is 12.0. The quantitative estimate of drug-likeness (QED) is 0.756. The van der Waals surface area contributed by atoms with Gasteiger partial charge in [-0.3, -0.25) is 4.79 Å². The standard InChI is InChI=1S/C15H14ClN3O/c1-10-15(20)18(2)12-8-9-13(16)17-14(12)19(10)11-6-4-3-5-7-11/h3-10H,1-2H3/t10-/m1/s1. The first-order chi connectivity index (χ1) is 9.59. The van der Waals surface area contributed by atoms with E-state index in [1.54, 1.807) is 18.0 Å². The number of aromatic nitrogens is 1. The third kappa shape index (κ3) is 1.93. The second-order valence-corrected chi connectivity index (χ2v) is 5.14. The van der Waals surface area contributed by atoms with E-state index in [4.69, 9.17) is 11.6 Å². The van der Waals surface area contributed by atoms with E-state index in [9.17, 15) is 4.79 Å². The lowest BCUT2D eigenvalue weighted by molar-refractivity contribution is -0.119. The second-order valence-electron chi connectivity index (χ2n) is 4.76. The first kappa shape index (κ1) is 12.9. The maximum Gasteiger partial charge on any atom is 0.249 e. The van der Waals surface area contributed by atoms with Crippen LogP contribution in [0, 0.1) is 0 Å². The van der Waals surface area contributed by atoms with E-state index in [0.717, 1.165) is 11.4 Å². The molecule has 1 aliphatic rings. The minimum absolute atomic E-state index is 0.0328. The van der Waals surface area contributed by atoms with Gasteiger partial charge in [-0.1, -0.05) is 29.8 Å². The van der Waals surface area contributed by atoms with Gasteiger partial charge in [0.25, 0.3) is 0 Å². The number of fused-ring (bicyclic) bond motifs is 1. The lowest BCUT2D eigenvalue weighted by atomic mass is 10.1. The number of para-hydroxylation sites is 1. The summed E-state index contributed by atoms with van der Waals surface area (Å²) in [5, 5.41) is 0.416. The second kappa shape index (κ2) is 4.80. The molecular formula is C15H14ClN3O. The van der Waals surface area contributed by atoms with Gasteiger partial charge in [0.1, 0.15) is 11.2 Å². The minimum Gasteiger partial charge on any atom is -0.312 e. The summed E-state index contributed by atoms with van der Waals surface area (Å²) in [5.74, 6) is 0.740. The lowest BCUT2D eigenvalue weighted by Crippen LogP contribution is -2.49. The first-order valence-electron chi connectivity index (χ1n) is 6.38. The number of rotatable bonds is 1. The lowest BCUT2D eigenvalue weighted by Gasteiger charge is -2.39. The normalized spacial score (nSPS) is 18.1. The highest BCUT2D eigenvalue weighted by Gasteiger charge is 2.35. The number of benzene rings is 1. The Bertz CT molecular complexity index is 659. The predicted molar refractivity (Wildman–Crippen MR) is 80.7 cm³/mol. The van der Waals surface area contributed by atoms with Crippen molar-refractivity contribution in [3.63, 3.8) is 0 Å². The number of nitrogens with zero attached hydrogens (tertiary/aromatic N) is 3. The van der Waals surface area contributed by atoms with E-state index < -0.39 is 0 Å². The Kier molecular flexibility index (Phi) is 3.10. The van der Waals surface area contributed by atoms with Crippen LogP contribution in [0.2, 0.25) is 5.15 Å². The Balaban J connectivity index is 2.21. The topological polar surface area (TPSA) is 36.4 Å². The van der Waals surface area contributed by atoms with Crippen LogP contribution >= 0.6 is 11.6 Å². The van der Waals surface area contributed by atoms with Gasteiger partial charge < -0.3 is 9.80 Å². The van der Waals surface area contributed by atoms with Crippen molar-refractivity contribution in [2.24, 2.45) is 0 Å². The molecule has 20 heavy (non-hydrogen) atoms. The van der Waals surface area contributed by atoms with Gasteiger partial charge in [0.2, 0.25) is 5.91 Å². The third-order valence-corrected chi connectivity index (χ3v) is 3.73. The summed E-state index contributed by atoms with van der Waals surface area (Å²) in [6.07, 6.45) is 0. The van der Waals surface area contributed by atoms with Crippen LogP contribution in [0.15, 0.2) is 42.5 Å². The molecule has 0 saturated heterocycles. The fourth-order valence-corrected chi connectivity index (χ4v) is 2.63. The van der Waals surface area contributed by atoms with Gasteiger partial charge in [0, 0.05) is 12.7 Å². The molecule has 4 nitrogen and oxygen atoms in total. The average Bonchev–Trinajstić information content (AvgIpc) is 2.46. The maximum atomic E-state index is 12.4. The van der Waals surface area contributed by atoms with Gasteiger partial charge in [0.05, 0.1) is 5.69 Å². The highest BCUT2D eigenvalue weighted by Crippen LogP contribution is 2.39. The van der Waals surface area contributed by atoms with Crippen molar-refractivity contribution in [2.75, 3.05) is 16.8 Å². The molecule has 1 aromatic heterocycles. The molecule has 0 spiro atoms. The van der Waals surface area contributed by atoms with Gasteiger partial charge in [-0.25, -0.2) is 4.98 Å². The SMILES string of the molecule is C[C@@H]1C(=O)N(C)c2ccc(Cl)nc2N1c1ccccc1. The molecule has 2 aromatic rings. The summed E-state index contributed by atoms with van der Waals surface area (Å²) in [6, 6.07) is 12.9. The van der Waals surface area contributed by atoms with E-state index in [2.05, 4.69) is 4.98 Å². The van der Waals surface area contributed by atoms with Crippen molar-refractivity contribution in [1.29, 1.82) is 0 Å². The molecule has 1 aliphatic heterocycles. The van der Waals surface area contributed by atoms with Gasteiger partial charge >= 0.3 is 0 Å². The van der Waals surface area contributed by atoms with Crippen LogP contribution in [-0.4, -0.2) is 24.0 Å². The van der Waals surface area contributed by atoms with Crippen molar-refractivity contribution in [1.82, 2.24) is 4.98 Å². The van der Waals surface area contributed by atoms with E-state index in [0.29, 0.717) is 11.0 Å². The molecule has 0 N–H and O–H groups in total. The molecule has 1 amide bonds. The van der Waals surface area contributed by atoms with E-state index in [1.807, 2.05) is 48.2 Å². The molecule has 0 saturated carbocycles. The van der Waals surface area contributed by atoms with Crippen LogP contribution in [0.1, 0.15) is 6.92 Å². The fourth-order valence-electron chi connectivity index (χ4n) is 2.48. The predicted octanol–water partition coefficient (Wildman–Crippen LogP) is 3.24. The zero-order valence-electron chi connectivity index (χ0n) is 11.2. The fraction of sp³-hybridized carbons (Fsp3) is 0.200. The summed E-state index contributed by atoms with van der Waals surface area (Å²) in [4.78, 5) is 20.3. The largest absolute Gasteiger partial charge is 0.312 e. The van der Waals surface area contributed by atoms with Crippen LogP contribution in [-0.2, 0) is 4.79 Å². The molecule has 102 valence electrons. The molecule has 1 aromatic carbocycles. The number of pyridine rings is 1. The molecule has 0 bridgehead atoms. The Hall–Kier alpha value is -2.07. The number of amides is 1. The Morgan fingerprint density at radius 1 is 1.15 bits per heavy atom. The van der Waals surface area contributed by atoms with Crippen molar-refractivity contribution in [3.8, 4) is 0 Å². The molecule has 0 radical (unpaired) electrons. The van der Waals surface area contributed by atoms with Gasteiger partial charge in [-0.05, 0) is 31.2 Å². The number of anilines is 3. The summed E-state index contributed by atoms with van der Waals surface area (Å²) in [6.45, 7) is 1.87. The average molecular weight is 288 g/mol. The van der Waals surface area contributed by atoms with Gasteiger partial charge in [0.15, 0.2) is 5.82 Å². The highest BCUT2D eigenvalue weighted by atomic mass is 35.5. The van der Waals surface area contributed by atoms with Crippen LogP contribution in [0.25, 0.3) is 0 Å². The van der Waals surface area contributed by atoms with Crippen LogP contribution in [0.5, 0.6) is 0 Å². The van der Waals surface area contributed by atoms with E-state index >= 15 is 0 Å². The summed E-state index contributed by atoms with van der Waals surface area (Å²) in [5.41, 5.74) is 1.69. The number of carbonyl (C=O) groups excluding carboxylic acids is 1. The first-order valence-corrected chi connectivity index (χ1v) is 6.76. The monoisotopic (exact) mass is 287 g/mol. The Labute approximate surface area is 122 Å². The zero-order chi connectivity index (χ0) is 14.3. The molecule has 3 rings (SSSR count). The molecule has 0 fully saturated rings. The number of hydrogen-bond donors (Lipinski definition) is 0. The minimum atomic E-state index is -0.319. The Morgan fingerprint density at radius 3 is 2.55 bits per heavy atom. The van der Waals surface area contributed by atoms with Crippen molar-refractivity contribution >= 4 is 34.7 Å². The molecule has 0 unspecified atom stereocenters. The van der Waals surface area contributed by atoms with Gasteiger partial charge in [-0.2, -0.15) is 0 Å². The number of hydrogen-bond acceptors (Lipinski definition) is 3.